The lowest BCUT2D eigenvalue weighted by atomic mass is 9.73. The molecule has 1 unspecified atom stereocenters. The van der Waals surface area contributed by atoms with Crippen LogP contribution in [0.2, 0.25) is 0 Å². The molecule has 74 valence electrons. The number of allylic oxidation sites excluding steroid dienone is 6. The van der Waals surface area contributed by atoms with Gasteiger partial charge in [0, 0.05) is 0 Å². The Bertz CT molecular complexity index is 309. The van der Waals surface area contributed by atoms with E-state index in [1.807, 2.05) is 12.2 Å². The molecule has 0 aromatic carbocycles. The SMILES string of the molecule is O=CC1(C2=CCCCC2)C=CC=CC1. The van der Waals surface area contributed by atoms with Gasteiger partial charge in [-0.25, -0.2) is 0 Å². The molecule has 2 aliphatic rings. The number of hydrogen-bond donors (Lipinski definition) is 0. The van der Waals surface area contributed by atoms with Crippen LogP contribution < -0.4 is 0 Å². The van der Waals surface area contributed by atoms with Gasteiger partial charge in [0.15, 0.2) is 0 Å². The van der Waals surface area contributed by atoms with Crippen LogP contribution in [0.3, 0.4) is 0 Å². The minimum absolute atomic E-state index is 0.296. The Kier molecular flexibility index (Phi) is 2.67. The molecule has 0 saturated heterocycles. The largest absolute Gasteiger partial charge is 0.302 e. The fraction of sp³-hybridized carbons (Fsp3) is 0.462. The van der Waals surface area contributed by atoms with Crippen LogP contribution in [0.5, 0.6) is 0 Å². The number of aldehydes is 1. The fourth-order valence-corrected chi connectivity index (χ4v) is 2.30. The van der Waals surface area contributed by atoms with E-state index in [-0.39, 0.29) is 5.41 Å². The van der Waals surface area contributed by atoms with Gasteiger partial charge in [-0.2, -0.15) is 0 Å². The van der Waals surface area contributed by atoms with Crippen LogP contribution in [-0.4, -0.2) is 6.29 Å². The van der Waals surface area contributed by atoms with Crippen LogP contribution in [0, 0.1) is 5.41 Å². The molecule has 0 heterocycles. The van der Waals surface area contributed by atoms with Crippen molar-refractivity contribution >= 4 is 6.29 Å². The van der Waals surface area contributed by atoms with E-state index < -0.39 is 0 Å². The second kappa shape index (κ2) is 3.95. The van der Waals surface area contributed by atoms with E-state index >= 15 is 0 Å². The van der Waals surface area contributed by atoms with E-state index in [1.54, 1.807) is 0 Å². The maximum absolute atomic E-state index is 11.3. The van der Waals surface area contributed by atoms with Crippen LogP contribution >= 0.6 is 0 Å². The zero-order valence-corrected chi connectivity index (χ0v) is 8.41. The number of hydrogen-bond acceptors (Lipinski definition) is 1. The van der Waals surface area contributed by atoms with Gasteiger partial charge in [0.1, 0.15) is 6.29 Å². The lowest BCUT2D eigenvalue weighted by Crippen LogP contribution is -2.24. The van der Waals surface area contributed by atoms with Gasteiger partial charge in [-0.15, -0.1) is 0 Å². The lowest BCUT2D eigenvalue weighted by Gasteiger charge is -2.30. The molecule has 0 aromatic heterocycles. The predicted molar refractivity (Wildman–Crippen MR) is 57.9 cm³/mol. The van der Waals surface area contributed by atoms with Gasteiger partial charge < -0.3 is 4.79 Å². The molecular formula is C13H16O. The average Bonchev–Trinajstić information content (AvgIpc) is 2.31. The minimum atomic E-state index is -0.296. The third kappa shape index (κ3) is 1.59. The lowest BCUT2D eigenvalue weighted by molar-refractivity contribution is -0.112. The molecule has 0 spiro atoms. The zero-order chi connectivity index (χ0) is 9.86. The van der Waals surface area contributed by atoms with Crippen molar-refractivity contribution in [3.8, 4) is 0 Å². The monoisotopic (exact) mass is 188 g/mol. The molecule has 2 aliphatic carbocycles. The second-order valence-corrected chi connectivity index (χ2v) is 4.12. The van der Waals surface area contributed by atoms with Crippen LogP contribution in [0.25, 0.3) is 0 Å². The summed E-state index contributed by atoms with van der Waals surface area (Å²) in [6, 6.07) is 0. The van der Waals surface area contributed by atoms with Gasteiger partial charge in [-0.3, -0.25) is 0 Å². The molecule has 0 aliphatic heterocycles. The van der Waals surface area contributed by atoms with Crippen molar-refractivity contribution in [2.75, 3.05) is 0 Å². The third-order valence-corrected chi connectivity index (χ3v) is 3.20. The van der Waals surface area contributed by atoms with Crippen LogP contribution in [0.1, 0.15) is 32.1 Å². The Morgan fingerprint density at radius 2 is 2.21 bits per heavy atom. The summed E-state index contributed by atoms with van der Waals surface area (Å²) in [5, 5.41) is 0. The number of carbonyl (C=O) groups is 1. The van der Waals surface area contributed by atoms with E-state index in [9.17, 15) is 4.79 Å². The first-order chi connectivity index (χ1) is 6.87. The van der Waals surface area contributed by atoms with E-state index in [1.165, 1.54) is 18.4 Å². The molecule has 0 N–H and O–H groups in total. The van der Waals surface area contributed by atoms with Crippen molar-refractivity contribution in [3.05, 3.63) is 36.0 Å². The molecule has 0 amide bonds. The second-order valence-electron chi connectivity index (χ2n) is 4.12. The molecule has 0 radical (unpaired) electrons. The standard InChI is InChI=1S/C13H16O/c14-11-13(9-5-2-6-10-13)12-7-3-1-4-8-12/h2,5-7,9,11H,1,3-4,8,10H2. The zero-order valence-electron chi connectivity index (χ0n) is 8.41. The van der Waals surface area contributed by atoms with Gasteiger partial charge in [0.25, 0.3) is 0 Å². The van der Waals surface area contributed by atoms with Gasteiger partial charge in [-0.05, 0) is 32.1 Å². The summed E-state index contributed by atoms with van der Waals surface area (Å²) in [7, 11) is 0. The first-order valence-corrected chi connectivity index (χ1v) is 5.38. The minimum Gasteiger partial charge on any atom is -0.302 e. The van der Waals surface area contributed by atoms with Crippen LogP contribution in [0.15, 0.2) is 36.0 Å². The predicted octanol–water partition coefficient (Wildman–Crippen LogP) is 3.19. The molecule has 0 saturated carbocycles. The first kappa shape index (κ1) is 9.45. The molecule has 1 nitrogen and oxygen atoms in total. The van der Waals surface area contributed by atoms with Gasteiger partial charge in [-0.1, -0.05) is 36.0 Å². The number of rotatable bonds is 2. The Morgan fingerprint density at radius 3 is 2.79 bits per heavy atom. The van der Waals surface area contributed by atoms with Crippen LogP contribution in [-0.2, 0) is 4.79 Å². The molecule has 0 bridgehead atoms. The summed E-state index contributed by atoms with van der Waals surface area (Å²) in [5.74, 6) is 0. The van der Waals surface area contributed by atoms with Crippen molar-refractivity contribution < 1.29 is 4.79 Å². The fourth-order valence-electron chi connectivity index (χ4n) is 2.30. The summed E-state index contributed by atoms with van der Waals surface area (Å²) < 4.78 is 0. The summed E-state index contributed by atoms with van der Waals surface area (Å²) in [6.45, 7) is 0. The van der Waals surface area contributed by atoms with Gasteiger partial charge in [0.2, 0.25) is 0 Å². The highest BCUT2D eigenvalue weighted by Gasteiger charge is 2.31. The Hall–Kier alpha value is -1.11. The van der Waals surface area contributed by atoms with Crippen LogP contribution in [0.4, 0.5) is 0 Å². The van der Waals surface area contributed by atoms with Crippen molar-refractivity contribution in [3.63, 3.8) is 0 Å². The first-order valence-electron chi connectivity index (χ1n) is 5.38. The highest BCUT2D eigenvalue weighted by Crippen LogP contribution is 2.38. The van der Waals surface area contributed by atoms with Crippen molar-refractivity contribution in [1.29, 1.82) is 0 Å². The molecular weight excluding hydrogens is 172 g/mol. The molecule has 1 atom stereocenters. The van der Waals surface area contributed by atoms with E-state index in [4.69, 9.17) is 0 Å². The molecule has 2 rings (SSSR count). The Balaban J connectivity index is 2.27. The Morgan fingerprint density at radius 1 is 1.29 bits per heavy atom. The summed E-state index contributed by atoms with van der Waals surface area (Å²) in [6.07, 6.45) is 17.1. The molecule has 14 heavy (non-hydrogen) atoms. The maximum Gasteiger partial charge on any atom is 0.134 e. The highest BCUT2D eigenvalue weighted by molar-refractivity contribution is 5.70. The van der Waals surface area contributed by atoms with E-state index in [2.05, 4.69) is 18.2 Å². The average molecular weight is 188 g/mol. The molecule has 0 aromatic rings. The third-order valence-electron chi connectivity index (χ3n) is 3.20. The van der Waals surface area contributed by atoms with Gasteiger partial charge >= 0.3 is 0 Å². The smallest absolute Gasteiger partial charge is 0.134 e. The number of carbonyl (C=O) groups excluding carboxylic acids is 1. The topological polar surface area (TPSA) is 17.1 Å². The summed E-state index contributed by atoms with van der Waals surface area (Å²) >= 11 is 0. The van der Waals surface area contributed by atoms with E-state index in [0.717, 1.165) is 25.5 Å². The Labute approximate surface area is 85.2 Å². The quantitative estimate of drug-likeness (QED) is 0.480. The molecule has 1 heteroatoms. The van der Waals surface area contributed by atoms with Crippen molar-refractivity contribution in [1.82, 2.24) is 0 Å². The molecule has 0 fully saturated rings. The van der Waals surface area contributed by atoms with E-state index in [0.29, 0.717) is 0 Å². The summed E-state index contributed by atoms with van der Waals surface area (Å²) in [5.41, 5.74) is 1.04. The van der Waals surface area contributed by atoms with Crippen molar-refractivity contribution in [2.24, 2.45) is 5.41 Å². The van der Waals surface area contributed by atoms with Gasteiger partial charge in [0.05, 0.1) is 5.41 Å². The normalized spacial score (nSPS) is 31.3. The maximum atomic E-state index is 11.3. The summed E-state index contributed by atoms with van der Waals surface area (Å²) in [4.78, 5) is 11.3. The highest BCUT2D eigenvalue weighted by atomic mass is 16.1. The van der Waals surface area contributed by atoms with Crippen molar-refractivity contribution in [2.45, 2.75) is 32.1 Å².